The predicted octanol–water partition coefficient (Wildman–Crippen LogP) is 1.44. The predicted molar refractivity (Wildman–Crippen MR) is 76.6 cm³/mol. The van der Waals surface area contributed by atoms with Gasteiger partial charge in [0.25, 0.3) is 5.91 Å². The molecule has 5 nitrogen and oxygen atoms in total. The van der Waals surface area contributed by atoms with Crippen LogP contribution >= 0.6 is 0 Å². The summed E-state index contributed by atoms with van der Waals surface area (Å²) in [4.78, 5) is 25.5. The van der Waals surface area contributed by atoms with Crippen molar-refractivity contribution in [3.63, 3.8) is 0 Å². The molecule has 1 heterocycles. The number of pyridine rings is 1. The van der Waals surface area contributed by atoms with Gasteiger partial charge in [-0.1, -0.05) is 19.9 Å². The third-order valence-corrected chi connectivity index (χ3v) is 4.13. The first-order valence-electron chi connectivity index (χ1n) is 7.00. The molecule has 0 unspecified atom stereocenters. The number of aromatic amines is 1. The van der Waals surface area contributed by atoms with Gasteiger partial charge in [0.05, 0.1) is 5.60 Å². The Bertz CT molecular complexity index is 538. The number of aromatic nitrogens is 1. The average Bonchev–Trinajstić information content (AvgIpc) is 2.40. The molecule has 1 amide bonds. The van der Waals surface area contributed by atoms with Crippen molar-refractivity contribution in [1.29, 1.82) is 0 Å². The van der Waals surface area contributed by atoms with E-state index in [9.17, 15) is 14.7 Å². The van der Waals surface area contributed by atoms with Crippen LogP contribution in [0.15, 0.2) is 23.0 Å². The first-order valence-corrected chi connectivity index (χ1v) is 7.00. The molecular formula is C15H22N2O3. The summed E-state index contributed by atoms with van der Waals surface area (Å²) in [6.45, 7) is 4.61. The van der Waals surface area contributed by atoms with E-state index >= 15 is 0 Å². The lowest BCUT2D eigenvalue weighted by Gasteiger charge is -2.40. The Morgan fingerprint density at radius 3 is 2.55 bits per heavy atom. The normalized spacial score (nSPS) is 20.4. The SMILES string of the molecule is CC1(C)CCC(O)(CNC(=O)c2cccc(=O)[nH]2)CC1. The molecule has 1 aromatic heterocycles. The number of carbonyl (C=O) groups is 1. The molecule has 0 atom stereocenters. The van der Waals surface area contributed by atoms with Crippen molar-refractivity contribution in [2.75, 3.05) is 6.54 Å². The molecule has 20 heavy (non-hydrogen) atoms. The summed E-state index contributed by atoms with van der Waals surface area (Å²) in [7, 11) is 0. The Balaban J connectivity index is 1.92. The molecular weight excluding hydrogens is 256 g/mol. The minimum Gasteiger partial charge on any atom is -0.388 e. The lowest BCUT2D eigenvalue weighted by atomic mass is 9.71. The maximum Gasteiger partial charge on any atom is 0.267 e. The summed E-state index contributed by atoms with van der Waals surface area (Å²) in [5.41, 5.74) is -0.658. The van der Waals surface area contributed by atoms with Crippen LogP contribution in [-0.4, -0.2) is 28.1 Å². The summed E-state index contributed by atoms with van der Waals surface area (Å²) in [6.07, 6.45) is 3.26. The Kier molecular flexibility index (Phi) is 3.99. The zero-order valence-electron chi connectivity index (χ0n) is 12.0. The maximum atomic E-state index is 11.9. The molecule has 1 saturated carbocycles. The molecule has 0 spiro atoms. The van der Waals surface area contributed by atoms with Crippen molar-refractivity contribution in [3.05, 3.63) is 34.2 Å². The Morgan fingerprint density at radius 1 is 1.30 bits per heavy atom. The van der Waals surface area contributed by atoms with Crippen LogP contribution in [0.3, 0.4) is 0 Å². The molecule has 0 radical (unpaired) electrons. The van der Waals surface area contributed by atoms with Crippen molar-refractivity contribution >= 4 is 5.91 Å². The number of hydrogen-bond donors (Lipinski definition) is 3. The van der Waals surface area contributed by atoms with Crippen LogP contribution in [0.1, 0.15) is 50.0 Å². The van der Waals surface area contributed by atoms with Crippen LogP contribution in [0.5, 0.6) is 0 Å². The van der Waals surface area contributed by atoms with Crippen LogP contribution in [0.4, 0.5) is 0 Å². The minimum absolute atomic E-state index is 0.220. The quantitative estimate of drug-likeness (QED) is 0.782. The molecule has 0 bridgehead atoms. The van der Waals surface area contributed by atoms with E-state index in [2.05, 4.69) is 24.1 Å². The maximum absolute atomic E-state index is 11.9. The lowest BCUT2D eigenvalue weighted by molar-refractivity contribution is -0.0233. The van der Waals surface area contributed by atoms with Gasteiger partial charge in [-0.3, -0.25) is 9.59 Å². The number of amides is 1. The second-order valence-corrected chi connectivity index (χ2v) is 6.50. The van der Waals surface area contributed by atoms with Crippen molar-refractivity contribution in [2.24, 2.45) is 5.41 Å². The van der Waals surface area contributed by atoms with Gasteiger partial charge in [0.1, 0.15) is 5.69 Å². The fourth-order valence-corrected chi connectivity index (χ4v) is 2.49. The molecule has 1 aliphatic carbocycles. The van der Waals surface area contributed by atoms with Gasteiger partial charge in [0, 0.05) is 12.6 Å². The zero-order valence-corrected chi connectivity index (χ0v) is 12.0. The fourth-order valence-electron chi connectivity index (χ4n) is 2.49. The number of carbonyl (C=O) groups excluding carboxylic acids is 1. The molecule has 0 saturated heterocycles. The van der Waals surface area contributed by atoms with Gasteiger partial charge in [0.2, 0.25) is 5.56 Å². The summed E-state index contributed by atoms with van der Waals surface area (Å²) in [6, 6.07) is 4.43. The standard InChI is InChI=1S/C15H22N2O3/c1-14(2)6-8-15(20,9-7-14)10-16-13(19)11-4-3-5-12(18)17-11/h3-5,20H,6-10H2,1-2H3,(H,16,19)(H,17,18). The zero-order chi connectivity index (χ0) is 14.8. The number of aliphatic hydroxyl groups is 1. The van der Waals surface area contributed by atoms with Gasteiger partial charge in [-0.05, 0) is 37.2 Å². The van der Waals surface area contributed by atoms with Crippen LogP contribution in [-0.2, 0) is 0 Å². The molecule has 2 rings (SSSR count). The van der Waals surface area contributed by atoms with Crippen molar-refractivity contribution in [3.8, 4) is 0 Å². The largest absolute Gasteiger partial charge is 0.388 e. The lowest BCUT2D eigenvalue weighted by Crippen LogP contribution is -2.46. The van der Waals surface area contributed by atoms with E-state index in [4.69, 9.17) is 0 Å². The molecule has 3 N–H and O–H groups in total. The van der Waals surface area contributed by atoms with Crippen LogP contribution < -0.4 is 10.9 Å². The summed E-state index contributed by atoms with van der Waals surface area (Å²) in [5.74, 6) is -0.360. The highest BCUT2D eigenvalue weighted by atomic mass is 16.3. The average molecular weight is 278 g/mol. The van der Waals surface area contributed by atoms with Gasteiger partial charge in [-0.25, -0.2) is 0 Å². The number of hydrogen-bond acceptors (Lipinski definition) is 3. The molecule has 1 aromatic rings. The summed E-state index contributed by atoms with van der Waals surface area (Å²) >= 11 is 0. The molecule has 0 aromatic carbocycles. The van der Waals surface area contributed by atoms with E-state index < -0.39 is 5.60 Å². The van der Waals surface area contributed by atoms with E-state index in [0.29, 0.717) is 12.8 Å². The Labute approximate surface area is 118 Å². The van der Waals surface area contributed by atoms with E-state index in [1.165, 1.54) is 12.1 Å². The molecule has 5 heteroatoms. The number of nitrogens with one attached hydrogen (secondary N) is 2. The Morgan fingerprint density at radius 2 is 1.95 bits per heavy atom. The Hall–Kier alpha value is -1.62. The van der Waals surface area contributed by atoms with E-state index in [0.717, 1.165) is 12.8 Å². The molecule has 110 valence electrons. The first kappa shape index (κ1) is 14.8. The van der Waals surface area contributed by atoms with Crippen LogP contribution in [0.25, 0.3) is 0 Å². The monoisotopic (exact) mass is 278 g/mol. The van der Waals surface area contributed by atoms with Crippen molar-refractivity contribution in [1.82, 2.24) is 10.3 Å². The van der Waals surface area contributed by atoms with E-state index in [1.807, 2.05) is 0 Å². The third kappa shape index (κ3) is 3.70. The highest BCUT2D eigenvalue weighted by Crippen LogP contribution is 2.39. The molecule has 0 aliphatic heterocycles. The minimum atomic E-state index is -0.833. The van der Waals surface area contributed by atoms with Gasteiger partial charge in [-0.15, -0.1) is 0 Å². The van der Waals surface area contributed by atoms with Gasteiger partial charge >= 0.3 is 0 Å². The first-order chi connectivity index (χ1) is 9.30. The highest BCUT2D eigenvalue weighted by molar-refractivity contribution is 5.92. The topological polar surface area (TPSA) is 82.2 Å². The van der Waals surface area contributed by atoms with Crippen LogP contribution in [0, 0.1) is 5.41 Å². The van der Waals surface area contributed by atoms with E-state index in [-0.39, 0.29) is 29.1 Å². The highest BCUT2D eigenvalue weighted by Gasteiger charge is 2.36. The van der Waals surface area contributed by atoms with Gasteiger partial charge in [-0.2, -0.15) is 0 Å². The summed E-state index contributed by atoms with van der Waals surface area (Å²) in [5, 5.41) is 13.2. The summed E-state index contributed by atoms with van der Waals surface area (Å²) < 4.78 is 0. The van der Waals surface area contributed by atoms with Crippen LogP contribution in [0.2, 0.25) is 0 Å². The van der Waals surface area contributed by atoms with E-state index in [1.54, 1.807) is 6.07 Å². The smallest absolute Gasteiger partial charge is 0.267 e. The third-order valence-electron chi connectivity index (χ3n) is 4.13. The van der Waals surface area contributed by atoms with Crippen molar-refractivity contribution < 1.29 is 9.90 Å². The fraction of sp³-hybridized carbons (Fsp3) is 0.600. The number of rotatable bonds is 3. The van der Waals surface area contributed by atoms with Gasteiger partial charge < -0.3 is 15.4 Å². The second kappa shape index (κ2) is 5.40. The second-order valence-electron chi connectivity index (χ2n) is 6.50. The van der Waals surface area contributed by atoms with Gasteiger partial charge in [0.15, 0.2) is 0 Å². The number of H-pyrrole nitrogens is 1. The molecule has 1 fully saturated rings. The molecule has 1 aliphatic rings. The van der Waals surface area contributed by atoms with Crippen molar-refractivity contribution in [2.45, 2.75) is 45.1 Å².